The number of fused-ring (bicyclic) bond motifs is 7. The number of hydrogen-bond acceptors (Lipinski definition) is 4. The van der Waals surface area contributed by atoms with Crippen LogP contribution < -0.4 is 5.43 Å². The van der Waals surface area contributed by atoms with Crippen LogP contribution in [0.15, 0.2) is 65.3 Å². The van der Waals surface area contributed by atoms with Crippen LogP contribution in [0.3, 0.4) is 0 Å². The molecule has 6 atom stereocenters. The number of nitrogens with zero attached hydrogens (tertiary/aromatic N) is 2. The van der Waals surface area contributed by atoms with Crippen molar-refractivity contribution >= 4 is 33.4 Å². The first-order valence-corrected chi connectivity index (χ1v) is 15.0. The average molecular weight is 532 g/mol. The van der Waals surface area contributed by atoms with Crippen molar-refractivity contribution < 1.29 is 9.90 Å². The molecule has 0 radical (unpaired) electrons. The second-order valence-corrected chi connectivity index (χ2v) is 12.5. The molecule has 3 fully saturated rings. The van der Waals surface area contributed by atoms with Gasteiger partial charge in [0.2, 0.25) is 0 Å². The second kappa shape index (κ2) is 9.56. The predicted octanol–water partition coefficient (Wildman–Crippen LogP) is 6.80. The zero-order valence-electron chi connectivity index (χ0n) is 23.2. The van der Waals surface area contributed by atoms with E-state index in [9.17, 15) is 9.90 Å². The van der Waals surface area contributed by atoms with Gasteiger partial charge in [0.05, 0.1) is 22.3 Å². The molecule has 3 aromatic rings. The quantitative estimate of drug-likeness (QED) is 0.222. The molecule has 4 aliphatic carbocycles. The Morgan fingerprint density at radius 3 is 2.77 bits per heavy atom. The first kappa shape index (κ1) is 25.5. The van der Waals surface area contributed by atoms with E-state index in [1.54, 1.807) is 0 Å². The fraction of sp³-hybridized carbons (Fsp3) is 0.457. The molecule has 7 rings (SSSR count). The Labute approximate surface area is 236 Å². The molecule has 1 heterocycles. The number of nitrogens with one attached hydrogen (secondary N) is 1. The highest BCUT2D eigenvalue weighted by atomic mass is 16.3. The van der Waals surface area contributed by atoms with Crippen molar-refractivity contribution in [2.45, 2.75) is 70.3 Å². The van der Waals surface area contributed by atoms with Crippen molar-refractivity contribution in [2.75, 3.05) is 0 Å². The van der Waals surface area contributed by atoms with Crippen LogP contribution in [-0.4, -0.2) is 27.3 Å². The van der Waals surface area contributed by atoms with Crippen molar-refractivity contribution in [2.24, 2.45) is 34.2 Å². The number of para-hydroxylation sites is 2. The lowest BCUT2D eigenvalue weighted by Gasteiger charge is -2.56. The summed E-state index contributed by atoms with van der Waals surface area (Å²) in [5, 5.41) is 18.0. The summed E-state index contributed by atoms with van der Waals surface area (Å²) < 4.78 is 0. The van der Waals surface area contributed by atoms with E-state index in [0.717, 1.165) is 79.8 Å². The van der Waals surface area contributed by atoms with Crippen molar-refractivity contribution in [3.63, 3.8) is 0 Å². The number of benzene rings is 2. The Kier molecular flexibility index (Phi) is 6.09. The van der Waals surface area contributed by atoms with Gasteiger partial charge in [0.15, 0.2) is 0 Å². The van der Waals surface area contributed by atoms with Gasteiger partial charge < -0.3 is 5.11 Å². The minimum atomic E-state index is -0.940. The predicted molar refractivity (Wildman–Crippen MR) is 160 cm³/mol. The number of allylic oxidation sites excluding steroid dienone is 2. The van der Waals surface area contributed by atoms with Crippen LogP contribution in [0.5, 0.6) is 0 Å². The molecule has 4 aliphatic rings. The third-order valence-corrected chi connectivity index (χ3v) is 11.1. The van der Waals surface area contributed by atoms with Crippen LogP contribution in [0.4, 0.5) is 0 Å². The number of aromatic nitrogens is 1. The lowest BCUT2D eigenvalue weighted by Crippen LogP contribution is -2.53. The van der Waals surface area contributed by atoms with E-state index in [1.807, 2.05) is 42.5 Å². The summed E-state index contributed by atoms with van der Waals surface area (Å²) in [5.41, 5.74) is 6.35. The van der Waals surface area contributed by atoms with Gasteiger partial charge in [0, 0.05) is 16.2 Å². The largest absolute Gasteiger partial charge is 0.377 e. The van der Waals surface area contributed by atoms with Gasteiger partial charge in [0.25, 0.3) is 5.91 Å². The number of terminal acetylenes is 1. The van der Waals surface area contributed by atoms with Gasteiger partial charge >= 0.3 is 0 Å². The maximum atomic E-state index is 13.2. The van der Waals surface area contributed by atoms with Gasteiger partial charge in [-0.2, -0.15) is 5.10 Å². The van der Waals surface area contributed by atoms with Crippen LogP contribution in [0, 0.1) is 41.4 Å². The Morgan fingerprint density at radius 1 is 1.07 bits per heavy atom. The van der Waals surface area contributed by atoms with Crippen LogP contribution in [0.1, 0.15) is 75.1 Å². The van der Waals surface area contributed by atoms with Crippen LogP contribution >= 0.6 is 0 Å². The van der Waals surface area contributed by atoms with E-state index in [2.05, 4.69) is 35.5 Å². The number of hydrogen-bond donors (Lipinski definition) is 2. The maximum Gasteiger partial charge on any atom is 0.273 e. The SMILES string of the molecule is C#C[C@]1(O)CC[C@H]2[C@@H]3CCC4=C/C(=N/NC(=O)c5cccc6cc7ccccc7nc56)CC[C@@H]4[C@H]3CC[C@@]21CC. The Balaban J connectivity index is 1.09. The average Bonchev–Trinajstić information content (AvgIpc) is 3.31. The van der Waals surface area contributed by atoms with Gasteiger partial charge in [-0.15, -0.1) is 6.42 Å². The maximum absolute atomic E-state index is 13.2. The molecule has 1 amide bonds. The highest BCUT2D eigenvalue weighted by molar-refractivity contribution is 6.08. The smallest absolute Gasteiger partial charge is 0.273 e. The van der Waals surface area contributed by atoms with Crippen LogP contribution in [0.25, 0.3) is 21.8 Å². The third-order valence-electron chi connectivity index (χ3n) is 11.1. The molecular formula is C35H37N3O2. The summed E-state index contributed by atoms with van der Waals surface area (Å²) >= 11 is 0. The van der Waals surface area contributed by atoms with Gasteiger partial charge in [0.1, 0.15) is 5.60 Å². The number of carbonyl (C=O) groups is 1. The van der Waals surface area contributed by atoms with E-state index in [-0.39, 0.29) is 11.3 Å². The van der Waals surface area contributed by atoms with Crippen molar-refractivity contribution in [3.05, 3.63) is 65.7 Å². The van der Waals surface area contributed by atoms with E-state index in [1.165, 1.54) is 5.57 Å². The number of amides is 1. The standard InChI is InChI=1S/C35H37N3O2/c1-3-34-18-16-27-26-15-13-25(21-22(26)12-14-28(27)30(34)17-19-35(34,40)4-2)37-38-33(39)29-10-7-9-24-20-23-8-5-6-11-31(23)36-32(24)29/h2,5-11,20-21,26-28,30,40H,3,12-19H2,1H3,(H,38,39)/b37-25+/t26-,27+,28+,30-,34-,35-/m0/s1. The molecule has 0 aliphatic heterocycles. The first-order valence-electron chi connectivity index (χ1n) is 15.0. The summed E-state index contributed by atoms with van der Waals surface area (Å²) in [6.45, 7) is 2.23. The molecule has 1 aromatic heterocycles. The molecule has 5 heteroatoms. The molecule has 2 N–H and O–H groups in total. The molecular weight excluding hydrogens is 494 g/mol. The molecule has 40 heavy (non-hydrogen) atoms. The van der Waals surface area contributed by atoms with Gasteiger partial charge in [-0.1, -0.05) is 48.7 Å². The van der Waals surface area contributed by atoms with Gasteiger partial charge in [-0.25, -0.2) is 10.4 Å². The second-order valence-electron chi connectivity index (χ2n) is 12.5. The summed E-state index contributed by atoms with van der Waals surface area (Å²) in [4.78, 5) is 18.0. The summed E-state index contributed by atoms with van der Waals surface area (Å²) in [6, 6.07) is 15.8. The van der Waals surface area contributed by atoms with Crippen molar-refractivity contribution in [1.82, 2.24) is 10.4 Å². The third kappa shape index (κ3) is 3.76. The molecule has 0 saturated heterocycles. The fourth-order valence-corrected chi connectivity index (χ4v) is 9.23. The topological polar surface area (TPSA) is 74.6 Å². The number of pyridine rings is 1. The zero-order valence-corrected chi connectivity index (χ0v) is 23.2. The number of rotatable bonds is 3. The molecule has 0 spiro atoms. The fourth-order valence-electron chi connectivity index (χ4n) is 9.23. The van der Waals surface area contributed by atoms with Gasteiger partial charge in [-0.05, 0) is 106 Å². The molecule has 0 bridgehead atoms. The minimum absolute atomic E-state index is 0.113. The zero-order chi connectivity index (χ0) is 27.5. The number of aliphatic hydroxyl groups is 1. The monoisotopic (exact) mass is 531 g/mol. The number of carbonyl (C=O) groups excluding carboxylic acids is 1. The Hall–Kier alpha value is -3.49. The van der Waals surface area contributed by atoms with Gasteiger partial charge in [-0.3, -0.25) is 4.79 Å². The van der Waals surface area contributed by atoms with E-state index in [0.29, 0.717) is 34.8 Å². The highest BCUT2D eigenvalue weighted by Gasteiger charge is 2.63. The highest BCUT2D eigenvalue weighted by Crippen LogP contribution is 2.66. The Morgan fingerprint density at radius 2 is 1.93 bits per heavy atom. The van der Waals surface area contributed by atoms with E-state index in [4.69, 9.17) is 11.4 Å². The van der Waals surface area contributed by atoms with Crippen molar-refractivity contribution in [3.8, 4) is 12.3 Å². The number of hydrazone groups is 1. The molecule has 204 valence electrons. The lowest BCUT2D eigenvalue weighted by atomic mass is 9.49. The summed E-state index contributed by atoms with van der Waals surface area (Å²) in [6.07, 6.45) is 17.3. The Bertz CT molecular complexity index is 1620. The van der Waals surface area contributed by atoms with Crippen LogP contribution in [0.2, 0.25) is 0 Å². The normalized spacial score (nSPS) is 34.0. The molecule has 2 aromatic carbocycles. The summed E-state index contributed by atoms with van der Waals surface area (Å²) in [7, 11) is 0. The molecule has 5 nitrogen and oxygen atoms in total. The first-order chi connectivity index (χ1) is 19.5. The van der Waals surface area contributed by atoms with Crippen LogP contribution in [-0.2, 0) is 0 Å². The summed E-state index contributed by atoms with van der Waals surface area (Å²) in [5.74, 6) is 5.02. The molecule has 0 unspecified atom stereocenters. The van der Waals surface area contributed by atoms with Crippen molar-refractivity contribution in [1.29, 1.82) is 0 Å². The van der Waals surface area contributed by atoms with E-state index >= 15 is 0 Å². The minimum Gasteiger partial charge on any atom is -0.377 e. The molecule has 3 saturated carbocycles. The van der Waals surface area contributed by atoms with E-state index < -0.39 is 5.60 Å². The lowest BCUT2D eigenvalue weighted by molar-refractivity contribution is -0.0989.